The lowest BCUT2D eigenvalue weighted by molar-refractivity contribution is -0.0284. The van der Waals surface area contributed by atoms with Crippen molar-refractivity contribution in [3.8, 4) is 0 Å². The van der Waals surface area contributed by atoms with Gasteiger partial charge in [-0.15, -0.1) is 0 Å². The first-order chi connectivity index (χ1) is 8.93. The van der Waals surface area contributed by atoms with Crippen molar-refractivity contribution in [2.75, 3.05) is 26.4 Å². The van der Waals surface area contributed by atoms with E-state index < -0.39 is 0 Å². The van der Waals surface area contributed by atoms with E-state index in [4.69, 9.17) is 9.47 Å². The maximum atomic E-state index is 5.83. The second kappa shape index (κ2) is 5.83. The molecule has 0 saturated carbocycles. The van der Waals surface area contributed by atoms with Crippen LogP contribution in [0.5, 0.6) is 0 Å². The zero-order valence-corrected chi connectivity index (χ0v) is 10.7. The van der Waals surface area contributed by atoms with Crippen LogP contribution in [0, 0.1) is 0 Å². The van der Waals surface area contributed by atoms with Crippen molar-refractivity contribution in [3.05, 3.63) is 35.4 Å². The molecule has 2 atom stereocenters. The summed E-state index contributed by atoms with van der Waals surface area (Å²) in [7, 11) is 0. The van der Waals surface area contributed by atoms with Crippen LogP contribution >= 0.6 is 0 Å². The highest BCUT2D eigenvalue weighted by Gasteiger charge is 2.21. The van der Waals surface area contributed by atoms with Gasteiger partial charge < -0.3 is 14.8 Å². The average Bonchev–Trinajstić information content (AvgIpc) is 2.92. The fourth-order valence-electron chi connectivity index (χ4n) is 2.83. The number of rotatable bonds is 4. The second-order valence-corrected chi connectivity index (χ2v) is 5.14. The van der Waals surface area contributed by atoms with Gasteiger partial charge in [-0.25, -0.2) is 0 Å². The van der Waals surface area contributed by atoms with Crippen LogP contribution in [0.15, 0.2) is 24.3 Å². The van der Waals surface area contributed by atoms with Crippen LogP contribution in [0.3, 0.4) is 0 Å². The average molecular weight is 247 g/mol. The molecule has 3 rings (SSSR count). The molecule has 1 N–H and O–H groups in total. The van der Waals surface area contributed by atoms with Crippen LogP contribution in [0.4, 0.5) is 0 Å². The third kappa shape index (κ3) is 2.74. The van der Waals surface area contributed by atoms with Crippen LogP contribution in [-0.2, 0) is 15.9 Å². The summed E-state index contributed by atoms with van der Waals surface area (Å²) >= 11 is 0. The summed E-state index contributed by atoms with van der Waals surface area (Å²) < 4.78 is 11.7. The quantitative estimate of drug-likeness (QED) is 0.883. The van der Waals surface area contributed by atoms with Gasteiger partial charge in [0.05, 0.1) is 19.8 Å². The summed E-state index contributed by atoms with van der Waals surface area (Å²) in [5.41, 5.74) is 2.72. The number of ether oxygens (including phenoxy) is 2. The molecule has 0 aliphatic carbocycles. The van der Waals surface area contributed by atoms with Crippen LogP contribution in [0.2, 0.25) is 0 Å². The molecule has 0 radical (unpaired) electrons. The molecule has 2 unspecified atom stereocenters. The Kier molecular flexibility index (Phi) is 3.93. The first-order valence-corrected chi connectivity index (χ1v) is 6.94. The molecule has 2 aliphatic heterocycles. The molecule has 1 aromatic rings. The topological polar surface area (TPSA) is 30.5 Å². The monoisotopic (exact) mass is 247 g/mol. The van der Waals surface area contributed by atoms with Gasteiger partial charge in [-0.1, -0.05) is 24.3 Å². The molecular formula is C15H21NO2. The zero-order valence-electron chi connectivity index (χ0n) is 10.7. The number of hydrogen-bond acceptors (Lipinski definition) is 3. The molecule has 3 heteroatoms. The summed E-state index contributed by atoms with van der Waals surface area (Å²) in [6.45, 7) is 3.43. The lowest BCUT2D eigenvalue weighted by atomic mass is 9.98. The molecule has 98 valence electrons. The van der Waals surface area contributed by atoms with E-state index in [9.17, 15) is 0 Å². The Bertz CT molecular complexity index is 388. The molecule has 0 aromatic heterocycles. The Hall–Kier alpha value is -0.900. The predicted molar refractivity (Wildman–Crippen MR) is 70.7 cm³/mol. The first-order valence-electron chi connectivity index (χ1n) is 6.94. The molecule has 0 bridgehead atoms. The summed E-state index contributed by atoms with van der Waals surface area (Å²) in [5.74, 6) is 0. The Balaban J connectivity index is 1.54. The fourth-order valence-corrected chi connectivity index (χ4v) is 2.83. The van der Waals surface area contributed by atoms with Crippen molar-refractivity contribution in [2.24, 2.45) is 0 Å². The van der Waals surface area contributed by atoms with Gasteiger partial charge in [-0.2, -0.15) is 0 Å². The molecular weight excluding hydrogens is 226 g/mol. The summed E-state index contributed by atoms with van der Waals surface area (Å²) in [6, 6.07) is 9.09. The Morgan fingerprint density at radius 2 is 2.22 bits per heavy atom. The van der Waals surface area contributed by atoms with Crippen LogP contribution in [0.25, 0.3) is 0 Å². The van der Waals surface area contributed by atoms with Gasteiger partial charge in [-0.05, 0) is 36.9 Å². The van der Waals surface area contributed by atoms with Gasteiger partial charge >= 0.3 is 0 Å². The molecule has 0 amide bonds. The van der Waals surface area contributed by atoms with Crippen LogP contribution in [0.1, 0.15) is 30.1 Å². The van der Waals surface area contributed by atoms with Gasteiger partial charge in [0.25, 0.3) is 0 Å². The summed E-state index contributed by atoms with van der Waals surface area (Å²) in [6.07, 6.45) is 3.66. The van der Waals surface area contributed by atoms with Crippen molar-refractivity contribution in [1.82, 2.24) is 5.32 Å². The van der Waals surface area contributed by atoms with Gasteiger partial charge in [0.1, 0.15) is 6.10 Å². The zero-order chi connectivity index (χ0) is 12.2. The van der Waals surface area contributed by atoms with E-state index >= 15 is 0 Å². The van der Waals surface area contributed by atoms with Gasteiger partial charge in [-0.3, -0.25) is 0 Å². The highest BCUT2D eigenvalue weighted by molar-refractivity contribution is 5.30. The maximum Gasteiger partial charge on any atom is 0.106 e. The van der Waals surface area contributed by atoms with E-state index in [2.05, 4.69) is 29.6 Å². The lowest BCUT2D eigenvalue weighted by Gasteiger charge is -2.26. The molecule has 1 fully saturated rings. The van der Waals surface area contributed by atoms with Crippen molar-refractivity contribution < 1.29 is 9.47 Å². The molecule has 2 heterocycles. The van der Waals surface area contributed by atoms with E-state index in [1.165, 1.54) is 24.0 Å². The largest absolute Gasteiger partial charge is 0.377 e. The maximum absolute atomic E-state index is 5.83. The minimum atomic E-state index is 0.122. The Labute approximate surface area is 108 Å². The molecule has 0 spiro atoms. The normalized spacial score (nSPS) is 27.1. The van der Waals surface area contributed by atoms with Crippen molar-refractivity contribution in [2.45, 2.75) is 31.4 Å². The van der Waals surface area contributed by atoms with E-state index in [1.54, 1.807) is 0 Å². The van der Waals surface area contributed by atoms with E-state index in [1.807, 2.05) is 0 Å². The lowest BCUT2D eigenvalue weighted by Crippen LogP contribution is -2.28. The van der Waals surface area contributed by atoms with E-state index in [0.29, 0.717) is 12.6 Å². The Morgan fingerprint density at radius 1 is 1.28 bits per heavy atom. The Morgan fingerprint density at radius 3 is 3.11 bits per heavy atom. The van der Waals surface area contributed by atoms with Crippen molar-refractivity contribution >= 4 is 0 Å². The molecule has 3 nitrogen and oxygen atoms in total. The van der Waals surface area contributed by atoms with Crippen molar-refractivity contribution in [3.63, 3.8) is 0 Å². The highest BCUT2D eigenvalue weighted by atomic mass is 16.5. The minimum Gasteiger partial charge on any atom is -0.377 e. The number of nitrogens with one attached hydrogen (secondary N) is 1. The molecule has 2 aliphatic rings. The predicted octanol–water partition coefficient (Wildman–Crippen LogP) is 2.07. The number of benzene rings is 1. The molecule has 1 saturated heterocycles. The third-order valence-corrected chi connectivity index (χ3v) is 3.84. The number of fused-ring (bicyclic) bond motifs is 1. The molecule has 1 aromatic carbocycles. The van der Waals surface area contributed by atoms with Crippen LogP contribution in [-0.4, -0.2) is 32.4 Å². The van der Waals surface area contributed by atoms with Gasteiger partial charge in [0, 0.05) is 6.04 Å². The van der Waals surface area contributed by atoms with Gasteiger partial charge in [0.2, 0.25) is 0 Å². The fraction of sp³-hybridized carbons (Fsp3) is 0.600. The first kappa shape index (κ1) is 12.2. The smallest absolute Gasteiger partial charge is 0.106 e. The highest BCUT2D eigenvalue weighted by Crippen LogP contribution is 2.27. The molecule has 18 heavy (non-hydrogen) atoms. The SMILES string of the molecule is c1ccc2c(c1)CCOC2COCC1CCCN1. The van der Waals surface area contributed by atoms with E-state index in [0.717, 1.165) is 26.2 Å². The second-order valence-electron chi connectivity index (χ2n) is 5.14. The van der Waals surface area contributed by atoms with Crippen LogP contribution < -0.4 is 5.32 Å². The third-order valence-electron chi connectivity index (χ3n) is 3.84. The standard InChI is InChI=1S/C15H21NO2/c1-2-6-14-12(4-1)7-9-18-15(14)11-17-10-13-5-3-8-16-13/h1-2,4,6,13,15-16H,3,5,7-11H2. The minimum absolute atomic E-state index is 0.122. The summed E-state index contributed by atoms with van der Waals surface area (Å²) in [4.78, 5) is 0. The number of hydrogen-bond donors (Lipinski definition) is 1. The summed E-state index contributed by atoms with van der Waals surface area (Å²) in [5, 5.41) is 3.45. The van der Waals surface area contributed by atoms with E-state index in [-0.39, 0.29) is 6.10 Å². The van der Waals surface area contributed by atoms with Crippen molar-refractivity contribution in [1.29, 1.82) is 0 Å². The van der Waals surface area contributed by atoms with Gasteiger partial charge in [0.15, 0.2) is 0 Å².